The summed E-state index contributed by atoms with van der Waals surface area (Å²) in [7, 11) is -1.14. The van der Waals surface area contributed by atoms with Gasteiger partial charge in [0, 0.05) is 0 Å². The Morgan fingerprint density at radius 3 is 2.56 bits per heavy atom. The van der Waals surface area contributed by atoms with Crippen LogP contribution in [-0.2, 0) is 18.2 Å². The quantitative estimate of drug-likeness (QED) is 0.419. The summed E-state index contributed by atoms with van der Waals surface area (Å²) in [5.41, 5.74) is 0. The van der Waals surface area contributed by atoms with Crippen LogP contribution in [-0.4, -0.2) is 66.2 Å². The van der Waals surface area contributed by atoms with Gasteiger partial charge in [0.25, 0.3) is 0 Å². The first-order valence-electron chi connectivity index (χ1n) is 5.06. The van der Waals surface area contributed by atoms with E-state index in [1.807, 2.05) is 0 Å². The van der Waals surface area contributed by atoms with Gasteiger partial charge in [0.05, 0.1) is 0 Å². The third kappa shape index (κ3) is 9.00. The number of nitrogens with zero attached hydrogens (tertiary/aromatic N) is 1. The Morgan fingerprint density at radius 1 is 1.44 bits per heavy atom. The predicted octanol–water partition coefficient (Wildman–Crippen LogP) is -0.242. The van der Waals surface area contributed by atoms with E-state index in [1.165, 1.54) is 0 Å². The van der Waals surface area contributed by atoms with Gasteiger partial charge < -0.3 is 0 Å². The Balaban J connectivity index is 4.07. The van der Waals surface area contributed by atoms with Crippen LogP contribution in [0.25, 0.3) is 0 Å². The van der Waals surface area contributed by atoms with E-state index in [-0.39, 0.29) is 25.6 Å². The minimum atomic E-state index is -4.25. The van der Waals surface area contributed by atoms with E-state index in [0.717, 1.165) is 0 Å². The number of aliphatic hydroxyl groups is 2. The number of hydrogen-bond acceptors (Lipinski definition) is 6. The molecule has 0 aliphatic carbocycles. The number of phosphoric ester groups is 1. The molecular weight excluding hydrogens is 284 g/mol. The molecule has 0 aromatic rings. The average Bonchev–Trinajstić information content (AvgIpc) is 2.25. The number of quaternary nitrogens is 1. The monoisotopic (exact) mass is 302 g/mol. The zero-order chi connectivity index (χ0) is 14.2. The maximum absolute atomic E-state index is 11.3. The molecule has 0 aromatic heterocycles. The molecule has 10 heteroatoms. The first kappa shape index (κ1) is 18.0. The number of likely N-dealkylation sites (N-methyl/N-ethyl adjacent to an activating group) is 1. The summed E-state index contributed by atoms with van der Waals surface area (Å²) >= 11 is 0. The molecule has 0 radical (unpaired) electrons. The van der Waals surface area contributed by atoms with E-state index in [4.69, 9.17) is 10.2 Å². The average molecular weight is 302 g/mol. The Bertz CT molecular complexity index is 393. The van der Waals surface area contributed by atoms with E-state index in [0.29, 0.717) is 0 Å². The van der Waals surface area contributed by atoms with Crippen LogP contribution >= 0.6 is 15.7 Å². The Labute approximate surface area is 106 Å². The van der Waals surface area contributed by atoms with Crippen molar-refractivity contribution in [3.05, 3.63) is 0 Å². The van der Waals surface area contributed by atoms with Crippen molar-refractivity contribution >= 4 is 15.7 Å². The molecule has 0 saturated carbocycles. The molecule has 3 N–H and O–H groups in total. The van der Waals surface area contributed by atoms with Crippen LogP contribution in [0.4, 0.5) is 0 Å². The Hall–Kier alpha value is -0.0000000000000000416. The van der Waals surface area contributed by atoms with Crippen molar-refractivity contribution in [2.45, 2.75) is 6.10 Å². The number of phosphoric acid groups is 1. The second-order valence-electron chi connectivity index (χ2n) is 4.03. The molecule has 8 nitrogen and oxygen atoms in total. The van der Waals surface area contributed by atoms with Crippen LogP contribution in [0, 0.1) is 5.75 Å². The molecule has 0 aromatic carbocycles. The van der Waals surface area contributed by atoms with Gasteiger partial charge in [0.1, 0.15) is 0 Å². The molecule has 0 fully saturated rings. The van der Waals surface area contributed by atoms with Gasteiger partial charge in [-0.25, -0.2) is 0 Å². The maximum atomic E-state index is 11.3. The summed E-state index contributed by atoms with van der Waals surface area (Å²) in [6.45, 7) is -0.916. The van der Waals surface area contributed by atoms with Crippen molar-refractivity contribution < 1.29 is 37.8 Å². The fourth-order valence-corrected chi connectivity index (χ4v) is 1.88. The second-order valence-corrected chi connectivity index (χ2v) is 5.87. The molecule has 0 amide bonds. The van der Waals surface area contributed by atoms with E-state index in [9.17, 15) is 14.0 Å². The third-order valence-electron chi connectivity index (χ3n) is 1.86. The topological polar surface area (TPSA) is 113 Å². The van der Waals surface area contributed by atoms with Crippen LogP contribution in [0.3, 0.4) is 0 Å². The van der Waals surface area contributed by atoms with Crippen LogP contribution in [0.1, 0.15) is 0 Å². The second kappa shape index (κ2) is 8.23. The van der Waals surface area contributed by atoms with Gasteiger partial charge in [-0.2, -0.15) is 0 Å². The third-order valence-corrected chi connectivity index (χ3v) is 3.46. The molecule has 0 aliphatic rings. The van der Waals surface area contributed by atoms with Gasteiger partial charge in [0.15, 0.2) is 0 Å². The van der Waals surface area contributed by atoms with Crippen LogP contribution in [0.5, 0.6) is 0 Å². The fourth-order valence-electron chi connectivity index (χ4n) is 0.815. The van der Waals surface area contributed by atoms with Gasteiger partial charge in [-0.15, -0.1) is 0 Å². The zero-order valence-corrected chi connectivity index (χ0v) is 12.0. The summed E-state index contributed by atoms with van der Waals surface area (Å²) in [4.78, 5) is 9.21. The van der Waals surface area contributed by atoms with Crippen molar-refractivity contribution in [3.8, 4) is 5.75 Å². The van der Waals surface area contributed by atoms with Crippen LogP contribution in [0.15, 0.2) is 0 Å². The van der Waals surface area contributed by atoms with Gasteiger partial charge in [-0.05, 0) is 0 Å². The van der Waals surface area contributed by atoms with E-state index >= 15 is 0 Å². The molecule has 0 aliphatic heterocycles. The number of hydrogen-bond donors (Lipinski definition) is 3. The number of aliphatic hydroxyl groups excluding tert-OH is 2. The molecule has 18 heavy (non-hydrogen) atoms. The van der Waals surface area contributed by atoms with Crippen molar-refractivity contribution in [1.29, 1.82) is 0 Å². The molecule has 0 bridgehead atoms. The van der Waals surface area contributed by atoms with Gasteiger partial charge in [0.2, 0.25) is 0 Å². The first-order chi connectivity index (χ1) is 8.22. The molecule has 106 valence electrons. The van der Waals surface area contributed by atoms with Crippen molar-refractivity contribution in [1.82, 2.24) is 0 Å². The van der Waals surface area contributed by atoms with Crippen LogP contribution in [0.2, 0.25) is 0 Å². The summed E-state index contributed by atoms with van der Waals surface area (Å²) < 4.78 is 30.8. The summed E-state index contributed by atoms with van der Waals surface area (Å²) in [6.07, 6.45) is -1.23. The minimum absolute atomic E-state index is 0.113. The van der Waals surface area contributed by atoms with Crippen molar-refractivity contribution in [2.75, 3.05) is 40.5 Å². The van der Waals surface area contributed by atoms with Gasteiger partial charge in [-0.3, -0.25) is 0 Å². The summed E-state index contributed by atoms with van der Waals surface area (Å²) in [6, 6.07) is 0. The first-order valence-corrected chi connectivity index (χ1v) is 7.36. The SMILES string of the molecule is C[N+](C)(C#P=O)CCOP(=O)(O)OCC(O)CO. The van der Waals surface area contributed by atoms with Crippen LogP contribution < -0.4 is 0 Å². The van der Waals surface area contributed by atoms with E-state index < -0.39 is 27.1 Å². The van der Waals surface area contributed by atoms with Crippen molar-refractivity contribution in [2.24, 2.45) is 0 Å². The normalized spacial score (nSPS) is 16.7. The van der Waals surface area contributed by atoms with Gasteiger partial charge in [-0.1, -0.05) is 0 Å². The molecule has 2 unspecified atom stereocenters. The molecule has 0 heterocycles. The Morgan fingerprint density at radius 2 is 2.06 bits per heavy atom. The molecule has 0 saturated heterocycles. The number of rotatable bonds is 8. The summed E-state index contributed by atoms with van der Waals surface area (Å²) in [5, 5.41) is 17.4. The Kier molecular flexibility index (Phi) is 8.23. The molecule has 0 rings (SSSR count). The van der Waals surface area contributed by atoms with E-state index in [1.54, 1.807) is 14.1 Å². The standard InChI is InChI=1S/C8H17NO7P2/c1-9(2,7-17-12)3-4-15-18(13,14)16-6-8(11)5-10/h8,10-11H,3-6H2,1-2H3/p+1. The van der Waals surface area contributed by atoms with E-state index in [2.05, 4.69) is 14.8 Å². The van der Waals surface area contributed by atoms with Crippen molar-refractivity contribution in [3.63, 3.8) is 0 Å². The molecular formula is C8H18NO7P2+. The summed E-state index contributed by atoms with van der Waals surface area (Å²) in [5.74, 6) is 2.56. The molecule has 0 spiro atoms. The molecule has 2 atom stereocenters. The fraction of sp³-hybridized carbons (Fsp3) is 0.875. The zero-order valence-electron chi connectivity index (χ0n) is 10.2. The van der Waals surface area contributed by atoms with Gasteiger partial charge >= 0.3 is 106 Å². The predicted molar refractivity (Wildman–Crippen MR) is 63.3 cm³/mol.